The minimum Gasteiger partial charge on any atom is -0.399 e. The number of halogens is 1. The van der Waals surface area contributed by atoms with Gasteiger partial charge in [0.15, 0.2) is 0 Å². The van der Waals surface area contributed by atoms with Crippen molar-refractivity contribution in [2.45, 2.75) is 0 Å². The maximum Gasteiger partial charge on any atom is 0.244 e. The summed E-state index contributed by atoms with van der Waals surface area (Å²) in [6, 6.07) is 13.5. The number of benzene rings is 2. The van der Waals surface area contributed by atoms with E-state index in [0.29, 0.717) is 6.54 Å². The van der Waals surface area contributed by atoms with Crippen LogP contribution in [0.2, 0.25) is 0 Å². The number of nitrogens with two attached hydrogens (primary N) is 1. The fraction of sp³-hybridized carbons (Fsp3) is 0.0714. The van der Waals surface area contributed by atoms with Crippen LogP contribution in [-0.2, 0) is 4.79 Å². The summed E-state index contributed by atoms with van der Waals surface area (Å²) in [7, 11) is 0. The number of amides is 1. The second-order valence-corrected chi connectivity index (χ2v) is 5.52. The van der Waals surface area contributed by atoms with Crippen molar-refractivity contribution < 1.29 is 4.79 Å². The van der Waals surface area contributed by atoms with E-state index in [2.05, 4.69) is 27.9 Å². The molecule has 0 unspecified atom stereocenters. The van der Waals surface area contributed by atoms with Crippen LogP contribution >= 0.6 is 22.6 Å². The summed E-state index contributed by atoms with van der Waals surface area (Å²) in [5.41, 5.74) is 9.34. The SMILES string of the molecule is Nc1ccc(N2CC(=O)Nc3ccccc32)c(I)c1. The van der Waals surface area contributed by atoms with Gasteiger partial charge in [-0.3, -0.25) is 4.79 Å². The lowest BCUT2D eigenvalue weighted by Gasteiger charge is -2.31. The predicted molar refractivity (Wildman–Crippen MR) is 85.6 cm³/mol. The largest absolute Gasteiger partial charge is 0.399 e. The number of para-hydroxylation sites is 2. The molecule has 0 saturated carbocycles. The van der Waals surface area contributed by atoms with Gasteiger partial charge in [0.1, 0.15) is 6.54 Å². The number of nitrogens with one attached hydrogen (secondary N) is 1. The third-order valence-corrected chi connectivity index (χ3v) is 3.90. The minimum absolute atomic E-state index is 0.00803. The van der Waals surface area contributed by atoms with Crippen molar-refractivity contribution in [3.8, 4) is 0 Å². The molecular weight excluding hydrogens is 353 g/mol. The zero-order valence-corrected chi connectivity index (χ0v) is 12.2. The van der Waals surface area contributed by atoms with Gasteiger partial charge in [-0.05, 0) is 52.9 Å². The Labute approximate surface area is 124 Å². The fourth-order valence-corrected chi connectivity index (χ4v) is 3.02. The molecule has 1 heterocycles. The Kier molecular flexibility index (Phi) is 3.06. The number of nitrogen functional groups attached to an aromatic ring is 1. The maximum absolute atomic E-state index is 11.8. The number of hydrogen-bond acceptors (Lipinski definition) is 3. The van der Waals surface area contributed by atoms with Crippen molar-refractivity contribution in [2.24, 2.45) is 0 Å². The van der Waals surface area contributed by atoms with E-state index in [1.54, 1.807) is 0 Å². The molecule has 0 fully saturated rings. The van der Waals surface area contributed by atoms with Gasteiger partial charge in [-0.25, -0.2) is 0 Å². The molecule has 0 aromatic heterocycles. The van der Waals surface area contributed by atoms with E-state index in [1.807, 2.05) is 47.4 Å². The van der Waals surface area contributed by atoms with Crippen LogP contribution in [0.3, 0.4) is 0 Å². The molecule has 0 bridgehead atoms. The zero-order valence-electron chi connectivity index (χ0n) is 10.1. The van der Waals surface area contributed by atoms with Gasteiger partial charge in [-0.2, -0.15) is 0 Å². The summed E-state index contributed by atoms with van der Waals surface area (Å²) in [4.78, 5) is 13.8. The molecule has 4 nitrogen and oxygen atoms in total. The highest BCUT2D eigenvalue weighted by atomic mass is 127. The highest BCUT2D eigenvalue weighted by Gasteiger charge is 2.23. The molecule has 1 aliphatic rings. The molecule has 2 aromatic rings. The standard InChI is InChI=1S/C14H12IN3O/c15-10-7-9(16)5-6-12(10)18-8-14(19)17-11-3-1-2-4-13(11)18/h1-7H,8,16H2,(H,17,19). The highest BCUT2D eigenvalue weighted by Crippen LogP contribution is 2.37. The van der Waals surface area contributed by atoms with E-state index in [9.17, 15) is 4.79 Å². The van der Waals surface area contributed by atoms with Crippen molar-refractivity contribution >= 4 is 51.2 Å². The molecule has 3 N–H and O–H groups in total. The Morgan fingerprint density at radius 3 is 2.74 bits per heavy atom. The third-order valence-electron chi connectivity index (χ3n) is 3.03. The Bertz CT molecular complexity index is 657. The van der Waals surface area contributed by atoms with Gasteiger partial charge in [0.25, 0.3) is 0 Å². The van der Waals surface area contributed by atoms with Crippen LogP contribution in [0.1, 0.15) is 0 Å². The Hall–Kier alpha value is -1.76. The van der Waals surface area contributed by atoms with E-state index >= 15 is 0 Å². The molecule has 0 spiro atoms. The van der Waals surface area contributed by atoms with Crippen molar-refractivity contribution in [3.63, 3.8) is 0 Å². The van der Waals surface area contributed by atoms with Crippen molar-refractivity contribution in [1.82, 2.24) is 0 Å². The van der Waals surface area contributed by atoms with Crippen LogP contribution in [0.25, 0.3) is 0 Å². The summed E-state index contributed by atoms with van der Waals surface area (Å²) in [5, 5.41) is 2.88. The van der Waals surface area contributed by atoms with Crippen LogP contribution in [0.15, 0.2) is 42.5 Å². The number of carbonyl (C=O) groups excluding carboxylic acids is 1. The first-order valence-electron chi connectivity index (χ1n) is 5.86. The Balaban J connectivity index is 2.12. The number of fused-ring (bicyclic) bond motifs is 1. The van der Waals surface area contributed by atoms with Gasteiger partial charge in [0.2, 0.25) is 5.91 Å². The Morgan fingerprint density at radius 1 is 1.16 bits per heavy atom. The first-order valence-corrected chi connectivity index (χ1v) is 6.94. The molecule has 0 saturated heterocycles. The summed E-state index contributed by atoms with van der Waals surface area (Å²) in [5.74, 6) is -0.00803. The summed E-state index contributed by atoms with van der Waals surface area (Å²) >= 11 is 2.24. The number of hydrogen-bond donors (Lipinski definition) is 2. The number of rotatable bonds is 1. The normalized spacial score (nSPS) is 13.9. The van der Waals surface area contributed by atoms with Gasteiger partial charge in [0, 0.05) is 9.26 Å². The molecule has 19 heavy (non-hydrogen) atoms. The lowest BCUT2D eigenvalue weighted by atomic mass is 10.1. The molecule has 1 amide bonds. The average Bonchev–Trinajstić information content (AvgIpc) is 2.38. The second-order valence-electron chi connectivity index (χ2n) is 4.36. The number of anilines is 4. The van der Waals surface area contributed by atoms with Crippen LogP contribution in [0.5, 0.6) is 0 Å². The number of nitrogens with zero attached hydrogens (tertiary/aromatic N) is 1. The lowest BCUT2D eigenvalue weighted by molar-refractivity contribution is -0.115. The summed E-state index contributed by atoms with van der Waals surface area (Å²) in [6.45, 7) is 0.316. The second kappa shape index (κ2) is 4.73. The average molecular weight is 365 g/mol. The van der Waals surface area contributed by atoms with Crippen LogP contribution in [-0.4, -0.2) is 12.5 Å². The molecule has 0 atom stereocenters. The maximum atomic E-state index is 11.8. The van der Waals surface area contributed by atoms with Gasteiger partial charge < -0.3 is 16.0 Å². The molecule has 3 rings (SSSR count). The topological polar surface area (TPSA) is 58.4 Å². The van der Waals surface area contributed by atoms with Crippen LogP contribution in [0, 0.1) is 3.57 Å². The first-order chi connectivity index (χ1) is 9.15. The quantitative estimate of drug-likeness (QED) is 0.604. The molecule has 0 aliphatic carbocycles. The Morgan fingerprint density at radius 2 is 1.95 bits per heavy atom. The molecular formula is C14H12IN3O. The van der Waals surface area contributed by atoms with Crippen LogP contribution < -0.4 is 16.0 Å². The van der Waals surface area contributed by atoms with Crippen molar-refractivity contribution in [3.05, 3.63) is 46.0 Å². The number of carbonyl (C=O) groups is 1. The van der Waals surface area contributed by atoms with Crippen LogP contribution in [0.4, 0.5) is 22.7 Å². The molecule has 5 heteroatoms. The van der Waals surface area contributed by atoms with E-state index in [-0.39, 0.29) is 5.91 Å². The minimum atomic E-state index is -0.00803. The van der Waals surface area contributed by atoms with Gasteiger partial charge in [0.05, 0.1) is 17.1 Å². The van der Waals surface area contributed by atoms with E-state index < -0.39 is 0 Å². The van der Waals surface area contributed by atoms with Crippen molar-refractivity contribution in [2.75, 3.05) is 22.5 Å². The molecule has 96 valence electrons. The van der Waals surface area contributed by atoms with Gasteiger partial charge in [-0.15, -0.1) is 0 Å². The lowest BCUT2D eigenvalue weighted by Crippen LogP contribution is -2.35. The van der Waals surface area contributed by atoms with Crippen molar-refractivity contribution in [1.29, 1.82) is 0 Å². The molecule has 0 radical (unpaired) electrons. The zero-order chi connectivity index (χ0) is 13.4. The van der Waals surface area contributed by atoms with E-state index in [1.165, 1.54) is 0 Å². The van der Waals surface area contributed by atoms with E-state index in [0.717, 1.165) is 26.3 Å². The predicted octanol–water partition coefficient (Wildman–Crippen LogP) is 2.96. The molecule has 2 aromatic carbocycles. The molecule has 1 aliphatic heterocycles. The summed E-state index contributed by atoms with van der Waals surface area (Å²) in [6.07, 6.45) is 0. The fourth-order valence-electron chi connectivity index (χ4n) is 2.19. The highest BCUT2D eigenvalue weighted by molar-refractivity contribution is 14.1. The van der Waals surface area contributed by atoms with E-state index in [4.69, 9.17) is 5.73 Å². The smallest absolute Gasteiger partial charge is 0.244 e. The third kappa shape index (κ3) is 2.25. The monoisotopic (exact) mass is 365 g/mol. The van der Waals surface area contributed by atoms with Gasteiger partial charge >= 0.3 is 0 Å². The summed E-state index contributed by atoms with van der Waals surface area (Å²) < 4.78 is 1.03. The van der Waals surface area contributed by atoms with Gasteiger partial charge in [-0.1, -0.05) is 12.1 Å². The first kappa shape index (κ1) is 12.3.